The average Bonchev–Trinajstić information content (AvgIpc) is 3.11. The Kier molecular flexibility index (Phi) is 6.15. The first kappa shape index (κ1) is 26.3. The molecule has 212 valence electrons. The van der Waals surface area contributed by atoms with E-state index >= 15 is 0 Å². The highest BCUT2D eigenvalue weighted by molar-refractivity contribution is 7.81. The van der Waals surface area contributed by atoms with Gasteiger partial charge in [0, 0.05) is 30.2 Å². The highest BCUT2D eigenvalue weighted by atomic mass is 31.1. The van der Waals surface area contributed by atoms with Crippen LogP contribution in [0.5, 0.6) is 34.5 Å². The molecule has 0 bridgehead atoms. The van der Waals surface area contributed by atoms with Crippen LogP contribution in [0.3, 0.4) is 0 Å². The molecule has 6 aromatic carbocycles. The summed E-state index contributed by atoms with van der Waals surface area (Å²) >= 11 is 0. The van der Waals surface area contributed by atoms with Gasteiger partial charge in [-0.05, 0) is 72.8 Å². The molecule has 6 aromatic rings. The van der Waals surface area contributed by atoms with Crippen molar-refractivity contribution in [1.82, 2.24) is 0 Å². The Morgan fingerprint density at radius 2 is 0.761 bits per heavy atom. The monoisotopic (exact) mass is 604 g/mol. The van der Waals surface area contributed by atoms with E-state index in [0.717, 1.165) is 83.8 Å². The first-order valence-corrected chi connectivity index (χ1v) is 16.2. The number of hydrogen-bond acceptors (Lipinski definition) is 3. The van der Waals surface area contributed by atoms with Gasteiger partial charge in [0.15, 0.2) is 11.5 Å². The van der Waals surface area contributed by atoms with Crippen molar-refractivity contribution in [3.05, 3.63) is 161 Å². The van der Waals surface area contributed by atoms with Crippen molar-refractivity contribution in [3.63, 3.8) is 0 Å². The predicted octanol–water partition coefficient (Wildman–Crippen LogP) is 7.96. The van der Waals surface area contributed by atoms with E-state index in [4.69, 9.17) is 14.2 Å². The minimum Gasteiger partial charge on any atom is -0.456 e. The molecule has 3 aliphatic heterocycles. The topological polar surface area (TPSA) is 27.7 Å². The summed E-state index contributed by atoms with van der Waals surface area (Å²) in [5.74, 6) is 24.4. The van der Waals surface area contributed by atoms with Crippen LogP contribution in [0.4, 0.5) is 0 Å². The van der Waals surface area contributed by atoms with Crippen molar-refractivity contribution in [3.8, 4) is 70.0 Å². The molecule has 3 nitrogen and oxygen atoms in total. The van der Waals surface area contributed by atoms with E-state index in [0.29, 0.717) is 0 Å². The van der Waals surface area contributed by atoms with E-state index in [9.17, 15) is 0 Å². The first-order valence-electron chi connectivity index (χ1n) is 14.9. The van der Waals surface area contributed by atoms with Gasteiger partial charge in [-0.15, -0.1) is 0 Å². The summed E-state index contributed by atoms with van der Waals surface area (Å²) in [5.41, 5.74) is 5.25. The molecule has 0 amide bonds. The molecule has 0 radical (unpaired) electrons. The average molecular weight is 605 g/mol. The van der Waals surface area contributed by atoms with E-state index in [1.807, 2.05) is 127 Å². The Labute approximate surface area is 268 Å². The molecule has 3 aliphatic rings. The third-order valence-electron chi connectivity index (χ3n) is 7.90. The van der Waals surface area contributed by atoms with Crippen molar-refractivity contribution in [1.29, 1.82) is 0 Å². The molecule has 3 heterocycles. The number of rotatable bonds is 0. The largest absolute Gasteiger partial charge is 0.456 e. The molecule has 9 rings (SSSR count). The van der Waals surface area contributed by atoms with Gasteiger partial charge in [-0.3, -0.25) is 0 Å². The summed E-state index contributed by atoms with van der Waals surface area (Å²) in [6.07, 6.45) is 0. The third-order valence-corrected chi connectivity index (χ3v) is 10.5. The van der Waals surface area contributed by atoms with E-state index in [2.05, 4.69) is 35.5 Å². The second kappa shape index (κ2) is 10.8. The first-order chi connectivity index (χ1) is 22.8. The zero-order valence-corrected chi connectivity index (χ0v) is 25.2. The van der Waals surface area contributed by atoms with Crippen LogP contribution in [0.1, 0.15) is 33.4 Å². The van der Waals surface area contributed by atoms with Crippen LogP contribution in [0.15, 0.2) is 127 Å². The molecular formula is C42H21O3P. The molecule has 1 atom stereocenters. The lowest BCUT2D eigenvalue weighted by atomic mass is 10.1. The number of ether oxygens (including phenoxy) is 3. The Morgan fingerprint density at radius 1 is 0.348 bits per heavy atom. The van der Waals surface area contributed by atoms with Gasteiger partial charge in [0.05, 0.1) is 27.0 Å². The lowest BCUT2D eigenvalue weighted by Crippen LogP contribution is -2.36. The summed E-state index contributed by atoms with van der Waals surface area (Å²) in [4.78, 5) is 0. The van der Waals surface area contributed by atoms with Gasteiger partial charge in [0.1, 0.15) is 23.0 Å². The van der Waals surface area contributed by atoms with Crippen LogP contribution >= 0.6 is 7.92 Å². The van der Waals surface area contributed by atoms with E-state index in [-0.39, 0.29) is 0 Å². The van der Waals surface area contributed by atoms with Crippen LogP contribution in [-0.2, 0) is 0 Å². The van der Waals surface area contributed by atoms with Gasteiger partial charge in [0.2, 0.25) is 0 Å². The van der Waals surface area contributed by atoms with Gasteiger partial charge in [-0.1, -0.05) is 90.1 Å². The van der Waals surface area contributed by atoms with Crippen molar-refractivity contribution in [2.45, 2.75) is 0 Å². The smallest absolute Gasteiger partial charge is 0.155 e. The molecule has 46 heavy (non-hydrogen) atoms. The molecule has 0 spiro atoms. The van der Waals surface area contributed by atoms with Gasteiger partial charge in [-0.25, -0.2) is 0 Å². The minimum atomic E-state index is -1.09. The van der Waals surface area contributed by atoms with Gasteiger partial charge < -0.3 is 14.2 Å². The van der Waals surface area contributed by atoms with Crippen molar-refractivity contribution >= 4 is 23.8 Å². The maximum absolute atomic E-state index is 6.76. The van der Waals surface area contributed by atoms with Gasteiger partial charge in [-0.2, -0.15) is 0 Å². The molecule has 0 aliphatic carbocycles. The van der Waals surface area contributed by atoms with Crippen molar-refractivity contribution in [2.24, 2.45) is 0 Å². The van der Waals surface area contributed by atoms with E-state index in [1.54, 1.807) is 0 Å². The summed E-state index contributed by atoms with van der Waals surface area (Å²) in [6.45, 7) is 0. The van der Waals surface area contributed by atoms with Gasteiger partial charge >= 0.3 is 0 Å². The second-order valence-corrected chi connectivity index (χ2v) is 12.9. The van der Waals surface area contributed by atoms with E-state index < -0.39 is 7.92 Å². The molecule has 0 N–H and O–H groups in total. The molecule has 0 fully saturated rings. The second-order valence-electron chi connectivity index (χ2n) is 10.9. The Morgan fingerprint density at radius 3 is 1.28 bits per heavy atom. The highest BCUT2D eigenvalue weighted by Crippen LogP contribution is 2.59. The standard InChI is InChI=1S/C42H21O3P/c1-4-10-28(11-5-1)16-17-31-26-36-40-37(27-31)45-39-33(21-19-30-14-8-3-9-15-30)23-25-35-42(39)46(40)41-34(43-36)24-22-32(38(41)44-35)20-18-29-12-6-2-7-13-29/h1-15,22-27H. The third kappa shape index (κ3) is 4.50. The summed E-state index contributed by atoms with van der Waals surface area (Å²) in [6, 6.07) is 41.9. The number of benzene rings is 6. The molecule has 1 unspecified atom stereocenters. The van der Waals surface area contributed by atoms with Crippen LogP contribution in [0.25, 0.3) is 0 Å². The molecule has 0 aromatic heterocycles. The van der Waals surface area contributed by atoms with Crippen LogP contribution in [0.2, 0.25) is 0 Å². The zero-order chi connectivity index (χ0) is 30.5. The predicted molar refractivity (Wildman–Crippen MR) is 183 cm³/mol. The summed E-state index contributed by atoms with van der Waals surface area (Å²) < 4.78 is 20.0. The summed E-state index contributed by atoms with van der Waals surface area (Å²) in [5, 5.41) is 3.04. The highest BCUT2D eigenvalue weighted by Gasteiger charge is 2.45. The maximum atomic E-state index is 6.76. The quantitative estimate of drug-likeness (QED) is 0.130. The zero-order valence-electron chi connectivity index (χ0n) is 24.3. The van der Waals surface area contributed by atoms with Crippen LogP contribution in [-0.4, -0.2) is 0 Å². The van der Waals surface area contributed by atoms with Crippen LogP contribution in [0, 0.1) is 35.5 Å². The molecule has 4 heteroatoms. The maximum Gasteiger partial charge on any atom is 0.155 e. The molecule has 0 saturated carbocycles. The number of hydrogen-bond donors (Lipinski definition) is 0. The lowest BCUT2D eigenvalue weighted by Gasteiger charge is -2.39. The van der Waals surface area contributed by atoms with Crippen molar-refractivity contribution in [2.75, 3.05) is 0 Å². The fourth-order valence-corrected chi connectivity index (χ4v) is 8.54. The van der Waals surface area contributed by atoms with Crippen LogP contribution < -0.4 is 30.1 Å². The van der Waals surface area contributed by atoms with E-state index in [1.165, 1.54) is 0 Å². The lowest BCUT2D eigenvalue weighted by molar-refractivity contribution is 0.444. The Hall–Kier alpha value is -6.17. The fraction of sp³-hybridized carbons (Fsp3) is 0. The normalized spacial score (nSPS) is 13.4. The Balaban J connectivity index is 1.24. The molecular weight excluding hydrogens is 583 g/mol. The Bertz CT molecular complexity index is 2400. The SMILES string of the molecule is C(#Cc1cc2c3c(c1)Oc1c(C#Cc4ccccc4)ccc4c1P3c1c(ccc(C#Cc3ccccc3)c1O4)O2)c1ccccc1. The molecule has 0 saturated heterocycles. The summed E-state index contributed by atoms with van der Waals surface area (Å²) in [7, 11) is -1.09. The van der Waals surface area contributed by atoms with Crippen molar-refractivity contribution < 1.29 is 14.2 Å². The fourth-order valence-electron chi connectivity index (χ4n) is 5.79. The minimum absolute atomic E-state index is 0.720. The van der Waals surface area contributed by atoms with Gasteiger partial charge in [0.25, 0.3) is 0 Å².